The van der Waals surface area contributed by atoms with E-state index in [9.17, 15) is 9.90 Å². The molecule has 1 atom stereocenters. The zero-order valence-corrected chi connectivity index (χ0v) is 19.1. The van der Waals surface area contributed by atoms with Crippen LogP contribution >= 0.6 is 15.9 Å². The van der Waals surface area contributed by atoms with Crippen molar-refractivity contribution in [2.45, 2.75) is 53.3 Å². The molecular formula is C23H30BrNO4. The molecule has 0 bridgehead atoms. The molecule has 0 aliphatic carbocycles. The van der Waals surface area contributed by atoms with Gasteiger partial charge in [-0.15, -0.1) is 0 Å². The molecule has 1 unspecified atom stereocenters. The summed E-state index contributed by atoms with van der Waals surface area (Å²) in [6.07, 6.45) is 0.572. The highest BCUT2D eigenvalue weighted by Gasteiger charge is 2.19. The average Bonchev–Trinajstić information content (AvgIpc) is 2.66. The van der Waals surface area contributed by atoms with Crippen LogP contribution in [0.15, 0.2) is 40.9 Å². The number of halogens is 1. The molecule has 5 nitrogen and oxygen atoms in total. The van der Waals surface area contributed by atoms with Crippen molar-refractivity contribution in [1.29, 1.82) is 0 Å². The van der Waals surface area contributed by atoms with E-state index in [0.717, 1.165) is 15.6 Å². The van der Waals surface area contributed by atoms with Crippen molar-refractivity contribution in [3.63, 3.8) is 0 Å². The number of rotatable bonds is 11. The summed E-state index contributed by atoms with van der Waals surface area (Å²) < 4.78 is 12.7. The molecule has 0 aromatic heterocycles. The summed E-state index contributed by atoms with van der Waals surface area (Å²) in [5.74, 6) is 0.765. The minimum absolute atomic E-state index is 0.295. The molecule has 2 aromatic carbocycles. The Labute approximate surface area is 181 Å². The molecular weight excluding hydrogens is 434 g/mol. The molecule has 0 amide bonds. The largest absolute Gasteiger partial charge is 0.490 e. The quantitative estimate of drug-likeness (QED) is 0.471. The summed E-state index contributed by atoms with van der Waals surface area (Å²) in [7, 11) is 0. The van der Waals surface area contributed by atoms with Gasteiger partial charge in [0.1, 0.15) is 12.6 Å². The van der Waals surface area contributed by atoms with E-state index in [-0.39, 0.29) is 0 Å². The van der Waals surface area contributed by atoms with E-state index in [1.807, 2.05) is 51.1 Å². The van der Waals surface area contributed by atoms with Gasteiger partial charge in [0.05, 0.1) is 6.61 Å². The first-order chi connectivity index (χ1) is 13.8. The number of hydrogen-bond donors (Lipinski definition) is 2. The van der Waals surface area contributed by atoms with Gasteiger partial charge in [-0.1, -0.05) is 54.0 Å². The Balaban J connectivity index is 2.16. The van der Waals surface area contributed by atoms with Crippen molar-refractivity contribution >= 4 is 21.9 Å². The van der Waals surface area contributed by atoms with E-state index >= 15 is 0 Å². The minimum Gasteiger partial charge on any atom is -0.490 e. The van der Waals surface area contributed by atoms with Crippen molar-refractivity contribution in [1.82, 2.24) is 5.32 Å². The molecule has 0 heterocycles. The van der Waals surface area contributed by atoms with Crippen LogP contribution in [0, 0.1) is 12.8 Å². The van der Waals surface area contributed by atoms with Crippen molar-refractivity contribution in [3.05, 3.63) is 57.6 Å². The molecule has 0 fully saturated rings. The number of aliphatic carboxylic acids is 1. The van der Waals surface area contributed by atoms with E-state index in [1.54, 1.807) is 0 Å². The summed E-state index contributed by atoms with van der Waals surface area (Å²) in [6, 6.07) is 11.3. The molecule has 0 aliphatic rings. The van der Waals surface area contributed by atoms with E-state index in [1.165, 1.54) is 5.56 Å². The Bertz CT molecular complexity index is 823. The maximum atomic E-state index is 11.5. The highest BCUT2D eigenvalue weighted by atomic mass is 79.9. The SMILES string of the molecule is CCOc1cc(CNC(CC(C)C)C(=O)O)c(Br)cc1OCc1ccccc1C. The smallest absolute Gasteiger partial charge is 0.320 e. The predicted molar refractivity (Wildman–Crippen MR) is 119 cm³/mol. The van der Waals surface area contributed by atoms with Crippen molar-refractivity contribution in [3.8, 4) is 11.5 Å². The standard InChI is InChI=1S/C23H30BrNO4/c1-5-28-21-11-18(13-25-20(23(26)27)10-15(2)3)19(24)12-22(21)29-14-17-9-7-6-8-16(17)4/h6-9,11-12,15,20,25H,5,10,13-14H2,1-4H3,(H,26,27). The third kappa shape index (κ3) is 7.05. The predicted octanol–water partition coefficient (Wildman–Crippen LogP) is 5.32. The molecule has 2 rings (SSSR count). The van der Waals surface area contributed by atoms with Crippen LogP contribution in [0.5, 0.6) is 11.5 Å². The number of carboxylic acids is 1. The zero-order chi connectivity index (χ0) is 21.4. The monoisotopic (exact) mass is 463 g/mol. The van der Waals surface area contributed by atoms with Crippen LogP contribution in [0.3, 0.4) is 0 Å². The highest BCUT2D eigenvalue weighted by Crippen LogP contribution is 2.34. The summed E-state index contributed by atoms with van der Waals surface area (Å²) in [5, 5.41) is 12.6. The lowest BCUT2D eigenvalue weighted by molar-refractivity contribution is -0.140. The van der Waals surface area contributed by atoms with Gasteiger partial charge in [0.25, 0.3) is 0 Å². The third-order valence-electron chi connectivity index (χ3n) is 4.60. The number of ether oxygens (including phenoxy) is 2. The molecule has 158 valence electrons. The second-order valence-electron chi connectivity index (χ2n) is 7.44. The minimum atomic E-state index is -0.835. The Morgan fingerprint density at radius 1 is 1.14 bits per heavy atom. The Morgan fingerprint density at radius 3 is 2.45 bits per heavy atom. The second-order valence-corrected chi connectivity index (χ2v) is 8.29. The van der Waals surface area contributed by atoms with E-state index in [4.69, 9.17) is 9.47 Å². The van der Waals surface area contributed by atoms with Gasteiger partial charge in [0.2, 0.25) is 0 Å². The third-order valence-corrected chi connectivity index (χ3v) is 5.34. The van der Waals surface area contributed by atoms with E-state index in [0.29, 0.717) is 43.6 Å². The van der Waals surface area contributed by atoms with Gasteiger partial charge in [0.15, 0.2) is 11.5 Å². The van der Waals surface area contributed by atoms with E-state index < -0.39 is 12.0 Å². The fourth-order valence-electron chi connectivity index (χ4n) is 3.00. The summed E-state index contributed by atoms with van der Waals surface area (Å²) >= 11 is 3.59. The molecule has 0 saturated heterocycles. The van der Waals surface area contributed by atoms with Gasteiger partial charge in [-0.3, -0.25) is 4.79 Å². The van der Waals surface area contributed by atoms with Crippen LogP contribution < -0.4 is 14.8 Å². The van der Waals surface area contributed by atoms with Crippen molar-refractivity contribution < 1.29 is 19.4 Å². The average molecular weight is 464 g/mol. The molecule has 2 aromatic rings. The molecule has 0 radical (unpaired) electrons. The lowest BCUT2D eigenvalue weighted by Gasteiger charge is -2.19. The fourth-order valence-corrected chi connectivity index (χ4v) is 3.46. The van der Waals surface area contributed by atoms with E-state index in [2.05, 4.69) is 34.2 Å². The molecule has 0 saturated carbocycles. The number of nitrogens with one attached hydrogen (secondary N) is 1. The normalized spacial score (nSPS) is 12.1. The molecule has 0 aliphatic heterocycles. The number of hydrogen-bond acceptors (Lipinski definition) is 4. The Morgan fingerprint density at radius 2 is 1.83 bits per heavy atom. The summed E-state index contributed by atoms with van der Waals surface area (Å²) in [5.41, 5.74) is 3.22. The topological polar surface area (TPSA) is 67.8 Å². The van der Waals surface area contributed by atoms with Gasteiger partial charge in [0, 0.05) is 11.0 Å². The first kappa shape index (κ1) is 23.2. The molecule has 6 heteroatoms. The molecule has 0 spiro atoms. The van der Waals surface area contributed by atoms with Gasteiger partial charge >= 0.3 is 5.97 Å². The highest BCUT2D eigenvalue weighted by molar-refractivity contribution is 9.10. The first-order valence-corrected chi connectivity index (χ1v) is 10.7. The summed E-state index contributed by atoms with van der Waals surface area (Å²) in [4.78, 5) is 11.5. The Kier molecular flexibility index (Phi) is 8.99. The number of carbonyl (C=O) groups is 1. The molecule has 29 heavy (non-hydrogen) atoms. The fraction of sp³-hybridized carbons (Fsp3) is 0.435. The van der Waals surface area contributed by atoms with Crippen LogP contribution in [0.25, 0.3) is 0 Å². The van der Waals surface area contributed by atoms with Crippen LogP contribution in [0.1, 0.15) is 43.9 Å². The number of aryl methyl sites for hydroxylation is 1. The van der Waals surface area contributed by atoms with Crippen LogP contribution in [-0.2, 0) is 17.9 Å². The zero-order valence-electron chi connectivity index (χ0n) is 17.5. The van der Waals surface area contributed by atoms with Gasteiger partial charge < -0.3 is 19.9 Å². The van der Waals surface area contributed by atoms with Crippen LogP contribution in [-0.4, -0.2) is 23.7 Å². The Hall–Kier alpha value is -2.05. The molecule has 2 N–H and O–H groups in total. The first-order valence-electron chi connectivity index (χ1n) is 9.90. The van der Waals surface area contributed by atoms with Gasteiger partial charge in [-0.2, -0.15) is 0 Å². The van der Waals surface area contributed by atoms with Gasteiger partial charge in [-0.25, -0.2) is 0 Å². The maximum Gasteiger partial charge on any atom is 0.320 e. The summed E-state index contributed by atoms with van der Waals surface area (Å²) in [6.45, 7) is 9.40. The van der Waals surface area contributed by atoms with Crippen molar-refractivity contribution in [2.24, 2.45) is 5.92 Å². The lowest BCUT2D eigenvalue weighted by atomic mass is 10.0. The van der Waals surface area contributed by atoms with Crippen LogP contribution in [0.2, 0.25) is 0 Å². The number of carboxylic acid groups (broad SMARTS) is 1. The lowest BCUT2D eigenvalue weighted by Crippen LogP contribution is -2.37. The van der Waals surface area contributed by atoms with Crippen LogP contribution in [0.4, 0.5) is 0 Å². The van der Waals surface area contributed by atoms with Gasteiger partial charge in [-0.05, 0) is 55.0 Å². The second kappa shape index (κ2) is 11.2. The number of benzene rings is 2. The van der Waals surface area contributed by atoms with Crippen molar-refractivity contribution in [2.75, 3.05) is 6.61 Å². The maximum absolute atomic E-state index is 11.5.